The molecule has 104 valence electrons. The molecular formula is C14H22N3O2+. The van der Waals surface area contributed by atoms with Crippen LogP contribution in [0.1, 0.15) is 12.5 Å². The van der Waals surface area contributed by atoms with Crippen molar-refractivity contribution in [3.8, 4) is 0 Å². The average molecular weight is 264 g/mol. The van der Waals surface area contributed by atoms with Gasteiger partial charge in [0.2, 0.25) is 5.91 Å². The third-order valence-electron chi connectivity index (χ3n) is 2.72. The zero-order chi connectivity index (χ0) is 14.3. The molecule has 1 aromatic carbocycles. The van der Waals surface area contributed by atoms with Gasteiger partial charge in [0, 0.05) is 12.6 Å². The van der Waals surface area contributed by atoms with E-state index in [1.54, 1.807) is 0 Å². The maximum Gasteiger partial charge on any atom is 0.279 e. The third-order valence-corrected chi connectivity index (χ3v) is 2.72. The van der Waals surface area contributed by atoms with Crippen molar-refractivity contribution < 1.29 is 14.5 Å². The first-order chi connectivity index (χ1) is 8.97. The maximum atomic E-state index is 11.8. The zero-order valence-corrected chi connectivity index (χ0v) is 11.7. The van der Waals surface area contributed by atoms with Gasteiger partial charge in [-0.3, -0.25) is 9.59 Å². The monoisotopic (exact) mass is 264 g/mol. The predicted molar refractivity (Wildman–Crippen MR) is 75.1 cm³/mol. The lowest BCUT2D eigenvalue weighted by Gasteiger charge is -2.14. The molecule has 3 N–H and O–H groups in total. The van der Waals surface area contributed by atoms with Gasteiger partial charge < -0.3 is 15.5 Å². The largest absolute Gasteiger partial charge is 0.351 e. The Morgan fingerprint density at radius 1 is 1.21 bits per heavy atom. The number of likely N-dealkylation sites (N-methyl/N-ethyl adjacent to an activating group) is 1. The topological polar surface area (TPSA) is 62.6 Å². The Bertz CT molecular complexity index is 429. The van der Waals surface area contributed by atoms with E-state index in [2.05, 4.69) is 10.6 Å². The molecule has 5 heteroatoms. The number of anilines is 1. The first kappa shape index (κ1) is 15.2. The molecule has 0 spiro atoms. The van der Waals surface area contributed by atoms with Crippen molar-refractivity contribution in [1.82, 2.24) is 5.32 Å². The molecule has 0 saturated heterocycles. The number of hydrogen-bond donors (Lipinski definition) is 3. The minimum Gasteiger partial charge on any atom is -0.351 e. The van der Waals surface area contributed by atoms with Gasteiger partial charge in [-0.05, 0) is 19.1 Å². The first-order valence-corrected chi connectivity index (χ1v) is 6.39. The fraction of sp³-hybridized carbons (Fsp3) is 0.429. The molecule has 0 aliphatic heterocycles. The minimum absolute atomic E-state index is 0.0239. The molecule has 0 fully saturated rings. The number of rotatable bonds is 6. The number of aryl methyl sites for hydroxylation is 1. The van der Waals surface area contributed by atoms with Gasteiger partial charge in [-0.2, -0.15) is 0 Å². The van der Waals surface area contributed by atoms with Crippen LogP contribution >= 0.6 is 0 Å². The Balaban J connectivity index is 2.30. The number of amides is 2. The summed E-state index contributed by atoms with van der Waals surface area (Å²) < 4.78 is 0. The van der Waals surface area contributed by atoms with E-state index >= 15 is 0 Å². The molecule has 0 radical (unpaired) electrons. The molecule has 1 atom stereocenters. The summed E-state index contributed by atoms with van der Waals surface area (Å²) >= 11 is 0. The summed E-state index contributed by atoms with van der Waals surface area (Å²) in [6.07, 6.45) is 0. The van der Waals surface area contributed by atoms with Gasteiger partial charge >= 0.3 is 0 Å². The normalized spacial score (nSPS) is 11.7. The van der Waals surface area contributed by atoms with Crippen molar-refractivity contribution in [2.75, 3.05) is 32.0 Å². The Labute approximate surface area is 114 Å². The summed E-state index contributed by atoms with van der Waals surface area (Å²) in [5, 5.41) is 5.57. The van der Waals surface area contributed by atoms with Crippen molar-refractivity contribution in [3.05, 3.63) is 29.8 Å². The highest BCUT2D eigenvalue weighted by Crippen LogP contribution is 2.07. The summed E-state index contributed by atoms with van der Waals surface area (Å²) in [5.74, 6) is -0.0684. The maximum absolute atomic E-state index is 11.8. The lowest BCUT2D eigenvalue weighted by Crippen LogP contribution is -3.10. The van der Waals surface area contributed by atoms with Gasteiger partial charge in [0.05, 0.1) is 20.1 Å². The zero-order valence-electron chi connectivity index (χ0n) is 11.7. The third kappa shape index (κ3) is 6.57. The predicted octanol–water partition coefficient (Wildman–Crippen LogP) is -0.416. The number of nitrogens with one attached hydrogen (secondary N) is 3. The van der Waals surface area contributed by atoms with Crippen molar-refractivity contribution in [1.29, 1.82) is 0 Å². The van der Waals surface area contributed by atoms with Crippen molar-refractivity contribution in [3.63, 3.8) is 0 Å². The molecule has 5 nitrogen and oxygen atoms in total. The van der Waals surface area contributed by atoms with Gasteiger partial charge in [0.1, 0.15) is 0 Å². The Kier molecular flexibility index (Phi) is 6.02. The van der Waals surface area contributed by atoms with Crippen LogP contribution < -0.4 is 15.5 Å². The van der Waals surface area contributed by atoms with Crippen molar-refractivity contribution in [2.24, 2.45) is 0 Å². The molecule has 1 aromatic rings. The van der Waals surface area contributed by atoms with Crippen LogP contribution in [0.4, 0.5) is 5.69 Å². The second kappa shape index (κ2) is 7.53. The van der Waals surface area contributed by atoms with E-state index in [0.29, 0.717) is 13.1 Å². The molecule has 0 heterocycles. The molecule has 2 amide bonds. The second-order valence-electron chi connectivity index (χ2n) is 4.78. The van der Waals surface area contributed by atoms with Crippen LogP contribution in [-0.2, 0) is 9.59 Å². The van der Waals surface area contributed by atoms with E-state index in [1.165, 1.54) is 6.92 Å². The minimum atomic E-state index is -0.0445. The van der Waals surface area contributed by atoms with Crippen molar-refractivity contribution >= 4 is 17.5 Å². The van der Waals surface area contributed by atoms with Gasteiger partial charge in [-0.25, -0.2) is 0 Å². The molecule has 0 aromatic heterocycles. The van der Waals surface area contributed by atoms with Gasteiger partial charge in [0.15, 0.2) is 6.54 Å². The lowest BCUT2D eigenvalue weighted by atomic mass is 10.2. The summed E-state index contributed by atoms with van der Waals surface area (Å²) in [6, 6.07) is 7.70. The quantitative estimate of drug-likeness (QED) is 0.654. The molecule has 19 heavy (non-hydrogen) atoms. The standard InChI is InChI=1S/C14H21N3O2/c1-11-4-6-13(7-5-11)16-14(19)10-17(3)9-8-15-12(2)18/h4-7H,8-10H2,1-3H3,(H,15,18)(H,16,19)/p+1. The number of carbonyl (C=O) groups excluding carboxylic acids is 2. The number of hydrogen-bond acceptors (Lipinski definition) is 2. The average Bonchev–Trinajstić information content (AvgIpc) is 2.31. The van der Waals surface area contributed by atoms with Gasteiger partial charge in [-0.15, -0.1) is 0 Å². The van der Waals surface area contributed by atoms with Crippen LogP contribution in [0.3, 0.4) is 0 Å². The summed E-state index contributed by atoms with van der Waals surface area (Å²) in [7, 11) is 1.93. The number of carbonyl (C=O) groups is 2. The smallest absolute Gasteiger partial charge is 0.279 e. The SMILES string of the molecule is CC(=O)NCC[NH+](C)CC(=O)Nc1ccc(C)cc1. The number of benzene rings is 1. The molecule has 0 bridgehead atoms. The van der Waals surface area contributed by atoms with Crippen LogP contribution in [-0.4, -0.2) is 38.5 Å². The lowest BCUT2D eigenvalue weighted by molar-refractivity contribution is -0.869. The molecule has 0 saturated carbocycles. The fourth-order valence-electron chi connectivity index (χ4n) is 1.66. The molecule has 1 rings (SSSR count). The van der Waals surface area contributed by atoms with E-state index in [-0.39, 0.29) is 11.8 Å². The highest BCUT2D eigenvalue weighted by atomic mass is 16.2. The van der Waals surface area contributed by atoms with Gasteiger partial charge in [0.25, 0.3) is 5.91 Å². The van der Waals surface area contributed by atoms with Crippen LogP contribution in [0.5, 0.6) is 0 Å². The Morgan fingerprint density at radius 3 is 2.42 bits per heavy atom. The Morgan fingerprint density at radius 2 is 1.84 bits per heavy atom. The van der Waals surface area contributed by atoms with Gasteiger partial charge in [-0.1, -0.05) is 17.7 Å². The molecular weight excluding hydrogens is 242 g/mol. The highest BCUT2D eigenvalue weighted by molar-refractivity contribution is 5.91. The van der Waals surface area contributed by atoms with E-state index < -0.39 is 0 Å². The molecule has 0 aliphatic carbocycles. The van der Waals surface area contributed by atoms with E-state index in [4.69, 9.17) is 0 Å². The van der Waals surface area contributed by atoms with Crippen molar-refractivity contribution in [2.45, 2.75) is 13.8 Å². The van der Waals surface area contributed by atoms with Crippen LogP contribution in [0.25, 0.3) is 0 Å². The highest BCUT2D eigenvalue weighted by Gasteiger charge is 2.09. The molecule has 0 aliphatic rings. The summed E-state index contributed by atoms with van der Waals surface area (Å²) in [4.78, 5) is 23.6. The summed E-state index contributed by atoms with van der Waals surface area (Å²) in [6.45, 7) is 5.18. The second-order valence-corrected chi connectivity index (χ2v) is 4.78. The van der Waals surface area contributed by atoms with Crippen LogP contribution in [0.15, 0.2) is 24.3 Å². The fourth-order valence-corrected chi connectivity index (χ4v) is 1.66. The first-order valence-electron chi connectivity index (χ1n) is 6.39. The molecule has 1 unspecified atom stereocenters. The number of quaternary nitrogens is 1. The van der Waals surface area contributed by atoms with Crippen LogP contribution in [0, 0.1) is 6.92 Å². The van der Waals surface area contributed by atoms with E-state index in [0.717, 1.165) is 22.7 Å². The Hall–Kier alpha value is -1.88. The van der Waals surface area contributed by atoms with Crippen LogP contribution in [0.2, 0.25) is 0 Å². The summed E-state index contributed by atoms with van der Waals surface area (Å²) in [5.41, 5.74) is 1.97. The van der Waals surface area contributed by atoms with E-state index in [1.807, 2.05) is 38.2 Å². The van der Waals surface area contributed by atoms with E-state index in [9.17, 15) is 9.59 Å².